The van der Waals surface area contributed by atoms with E-state index in [1.807, 2.05) is 5.38 Å². The number of hydrogen-bond donors (Lipinski definition) is 1. The van der Waals surface area contributed by atoms with Crippen LogP contribution in [-0.4, -0.2) is 15.8 Å². The Hall–Kier alpha value is -1.99. The summed E-state index contributed by atoms with van der Waals surface area (Å²) in [6.45, 7) is 0. The molecular formula is C13H10ClN3O3S. The summed E-state index contributed by atoms with van der Waals surface area (Å²) in [6.07, 6.45) is 2.28. The van der Waals surface area contributed by atoms with Gasteiger partial charge in [0.15, 0.2) is 5.13 Å². The number of halogens is 1. The van der Waals surface area contributed by atoms with Crippen LogP contribution in [-0.2, 0) is 0 Å². The van der Waals surface area contributed by atoms with Crippen LogP contribution < -0.4 is 5.32 Å². The number of nitro benzene ring substituents is 1. The van der Waals surface area contributed by atoms with Crippen LogP contribution in [0.2, 0.25) is 5.02 Å². The van der Waals surface area contributed by atoms with Crippen LogP contribution >= 0.6 is 22.9 Å². The Kier molecular flexibility index (Phi) is 3.60. The van der Waals surface area contributed by atoms with Crippen LogP contribution in [0.5, 0.6) is 0 Å². The van der Waals surface area contributed by atoms with Crippen molar-refractivity contribution in [1.29, 1.82) is 0 Å². The second kappa shape index (κ2) is 5.42. The predicted molar refractivity (Wildman–Crippen MR) is 80.1 cm³/mol. The van der Waals surface area contributed by atoms with Gasteiger partial charge < -0.3 is 0 Å². The average molecular weight is 324 g/mol. The number of nitrogens with one attached hydrogen (secondary N) is 1. The maximum absolute atomic E-state index is 12.1. The first-order valence-electron chi connectivity index (χ1n) is 6.25. The fourth-order valence-corrected chi connectivity index (χ4v) is 2.85. The number of carbonyl (C=O) groups is 1. The zero-order valence-electron chi connectivity index (χ0n) is 10.7. The van der Waals surface area contributed by atoms with Crippen molar-refractivity contribution in [3.8, 4) is 0 Å². The Balaban J connectivity index is 1.77. The summed E-state index contributed by atoms with van der Waals surface area (Å²) in [4.78, 5) is 26.6. The number of carbonyl (C=O) groups excluding carboxylic acids is 1. The van der Waals surface area contributed by atoms with Gasteiger partial charge in [0.25, 0.3) is 11.6 Å². The monoisotopic (exact) mass is 323 g/mol. The molecule has 1 saturated carbocycles. The third-order valence-electron chi connectivity index (χ3n) is 3.14. The number of rotatable bonds is 4. The highest BCUT2D eigenvalue weighted by Crippen LogP contribution is 2.40. The molecule has 3 rings (SSSR count). The quantitative estimate of drug-likeness (QED) is 0.684. The van der Waals surface area contributed by atoms with Crippen LogP contribution in [0, 0.1) is 10.1 Å². The Morgan fingerprint density at radius 1 is 1.48 bits per heavy atom. The first-order chi connectivity index (χ1) is 10.0. The minimum absolute atomic E-state index is 0.00168. The molecule has 1 N–H and O–H groups in total. The van der Waals surface area contributed by atoms with Crippen molar-refractivity contribution in [2.45, 2.75) is 18.8 Å². The molecule has 0 aliphatic heterocycles. The molecule has 108 valence electrons. The molecule has 1 amide bonds. The number of nitro groups is 1. The average Bonchev–Trinajstić information content (AvgIpc) is 3.19. The molecular weight excluding hydrogens is 314 g/mol. The van der Waals surface area contributed by atoms with Gasteiger partial charge in [-0.15, -0.1) is 11.3 Å². The maximum atomic E-state index is 12.1. The maximum Gasteiger partial charge on any atom is 0.288 e. The van der Waals surface area contributed by atoms with Gasteiger partial charge in [-0.05, 0) is 25.0 Å². The van der Waals surface area contributed by atoms with Gasteiger partial charge >= 0.3 is 0 Å². The van der Waals surface area contributed by atoms with Gasteiger partial charge in [-0.25, -0.2) is 4.98 Å². The van der Waals surface area contributed by atoms with E-state index in [2.05, 4.69) is 10.3 Å². The van der Waals surface area contributed by atoms with E-state index >= 15 is 0 Å². The minimum atomic E-state index is -0.617. The summed E-state index contributed by atoms with van der Waals surface area (Å²) in [7, 11) is 0. The molecule has 1 aromatic heterocycles. The molecule has 0 bridgehead atoms. The number of nitrogens with zero attached hydrogens (tertiary/aromatic N) is 2. The van der Waals surface area contributed by atoms with Gasteiger partial charge in [0.05, 0.1) is 10.6 Å². The molecule has 1 aliphatic rings. The van der Waals surface area contributed by atoms with Crippen molar-refractivity contribution in [2.24, 2.45) is 0 Å². The van der Waals surface area contributed by atoms with Gasteiger partial charge in [0, 0.05) is 22.9 Å². The molecule has 0 spiro atoms. The van der Waals surface area contributed by atoms with Gasteiger partial charge in [0.1, 0.15) is 5.02 Å². The van der Waals surface area contributed by atoms with Crippen molar-refractivity contribution in [1.82, 2.24) is 4.98 Å². The lowest BCUT2D eigenvalue weighted by Gasteiger charge is -2.02. The largest absolute Gasteiger partial charge is 0.298 e. The highest BCUT2D eigenvalue weighted by atomic mass is 35.5. The zero-order valence-corrected chi connectivity index (χ0v) is 12.3. The Morgan fingerprint density at radius 2 is 2.24 bits per heavy atom. The van der Waals surface area contributed by atoms with Crippen LogP contribution in [0.15, 0.2) is 23.6 Å². The highest BCUT2D eigenvalue weighted by Gasteiger charge is 2.26. The van der Waals surface area contributed by atoms with Crippen LogP contribution in [0.4, 0.5) is 10.8 Å². The Labute approximate surface area is 128 Å². The van der Waals surface area contributed by atoms with E-state index < -0.39 is 10.8 Å². The number of aromatic nitrogens is 1. The van der Waals surface area contributed by atoms with E-state index in [1.165, 1.54) is 23.5 Å². The first kappa shape index (κ1) is 14.0. The lowest BCUT2D eigenvalue weighted by Crippen LogP contribution is -2.12. The van der Waals surface area contributed by atoms with E-state index in [-0.39, 0.29) is 16.3 Å². The third kappa shape index (κ3) is 3.03. The molecule has 1 heterocycles. The summed E-state index contributed by atoms with van der Waals surface area (Å²) in [5.74, 6) is 0.0787. The minimum Gasteiger partial charge on any atom is -0.298 e. The number of thiazole rings is 1. The number of benzene rings is 1. The van der Waals surface area contributed by atoms with Crippen molar-refractivity contribution in [3.63, 3.8) is 0 Å². The van der Waals surface area contributed by atoms with E-state index in [0.717, 1.165) is 24.6 Å². The highest BCUT2D eigenvalue weighted by molar-refractivity contribution is 7.14. The summed E-state index contributed by atoms with van der Waals surface area (Å²) in [6, 6.07) is 3.94. The summed E-state index contributed by atoms with van der Waals surface area (Å²) >= 11 is 7.07. The number of amides is 1. The first-order valence-corrected chi connectivity index (χ1v) is 7.51. The molecule has 8 heteroatoms. The van der Waals surface area contributed by atoms with Crippen LogP contribution in [0.3, 0.4) is 0 Å². The second-order valence-electron chi connectivity index (χ2n) is 4.73. The van der Waals surface area contributed by atoms with Gasteiger partial charge in [-0.2, -0.15) is 0 Å². The fourth-order valence-electron chi connectivity index (χ4n) is 1.87. The predicted octanol–water partition coefficient (Wildman–Crippen LogP) is 3.83. The van der Waals surface area contributed by atoms with Crippen molar-refractivity contribution >= 4 is 39.7 Å². The Bertz CT molecular complexity index is 727. The fraction of sp³-hybridized carbons (Fsp3) is 0.231. The SMILES string of the molecule is O=C(Nc1nc(C2CC2)cs1)c1ccc(Cl)c([N+](=O)[O-])c1. The molecule has 0 radical (unpaired) electrons. The molecule has 1 aliphatic carbocycles. The van der Waals surface area contributed by atoms with E-state index in [1.54, 1.807) is 0 Å². The molecule has 6 nitrogen and oxygen atoms in total. The molecule has 2 aromatic rings. The molecule has 0 saturated heterocycles. The van der Waals surface area contributed by atoms with Crippen molar-refractivity contribution < 1.29 is 9.72 Å². The van der Waals surface area contributed by atoms with Crippen molar-refractivity contribution in [3.05, 3.63) is 50.0 Å². The molecule has 1 fully saturated rings. The van der Waals surface area contributed by atoms with Gasteiger partial charge in [0.2, 0.25) is 0 Å². The normalized spacial score (nSPS) is 14.0. The molecule has 0 atom stereocenters. The summed E-state index contributed by atoms with van der Waals surface area (Å²) < 4.78 is 0. The Morgan fingerprint density at radius 3 is 2.90 bits per heavy atom. The summed E-state index contributed by atoms with van der Waals surface area (Å²) in [5.41, 5.74) is 0.883. The zero-order chi connectivity index (χ0) is 15.0. The smallest absolute Gasteiger partial charge is 0.288 e. The van der Waals surface area contributed by atoms with Gasteiger partial charge in [-0.1, -0.05) is 11.6 Å². The number of hydrogen-bond acceptors (Lipinski definition) is 5. The van der Waals surface area contributed by atoms with E-state index in [0.29, 0.717) is 11.0 Å². The topological polar surface area (TPSA) is 85.1 Å². The lowest BCUT2D eigenvalue weighted by molar-refractivity contribution is -0.384. The standard InChI is InChI=1S/C13H10ClN3O3S/c14-9-4-3-8(5-11(9)17(19)20)12(18)16-13-15-10(6-21-13)7-1-2-7/h3-7H,1-2H2,(H,15,16,18). The third-order valence-corrected chi connectivity index (χ3v) is 4.24. The van der Waals surface area contributed by atoms with E-state index in [9.17, 15) is 14.9 Å². The molecule has 1 aromatic carbocycles. The summed E-state index contributed by atoms with van der Waals surface area (Å²) in [5, 5.41) is 15.9. The van der Waals surface area contributed by atoms with Crippen LogP contribution in [0.1, 0.15) is 34.8 Å². The molecule has 0 unspecified atom stereocenters. The van der Waals surface area contributed by atoms with Crippen LogP contribution in [0.25, 0.3) is 0 Å². The van der Waals surface area contributed by atoms with Crippen molar-refractivity contribution in [2.75, 3.05) is 5.32 Å². The second-order valence-corrected chi connectivity index (χ2v) is 5.99. The lowest BCUT2D eigenvalue weighted by atomic mass is 10.2. The number of anilines is 1. The molecule has 21 heavy (non-hydrogen) atoms. The van der Waals surface area contributed by atoms with E-state index in [4.69, 9.17) is 11.6 Å². The van der Waals surface area contributed by atoms with Gasteiger partial charge in [-0.3, -0.25) is 20.2 Å².